The molecule has 0 saturated carbocycles. The number of aromatic nitrogens is 3. The van der Waals surface area contributed by atoms with E-state index in [0.29, 0.717) is 11.5 Å². The first-order chi connectivity index (χ1) is 8.98. The van der Waals surface area contributed by atoms with Crippen molar-refractivity contribution in [2.75, 3.05) is 23.9 Å². The van der Waals surface area contributed by atoms with E-state index in [9.17, 15) is 8.42 Å². The van der Waals surface area contributed by atoms with E-state index in [4.69, 9.17) is 5.73 Å². The molecule has 0 aliphatic heterocycles. The zero-order valence-corrected chi connectivity index (χ0v) is 12.0. The number of imidazole rings is 1. The lowest BCUT2D eigenvalue weighted by Gasteiger charge is -2.05. The topological polar surface area (TPSA) is 114 Å². The number of hydrogen-bond donors (Lipinski definition) is 3. The summed E-state index contributed by atoms with van der Waals surface area (Å²) in [6.07, 6.45) is 6.22. The third-order valence-electron chi connectivity index (χ3n) is 2.48. The van der Waals surface area contributed by atoms with Gasteiger partial charge in [-0.3, -0.25) is 0 Å². The second-order valence-corrected chi connectivity index (χ2v) is 6.79. The Bertz CT molecular complexity index is 633. The molecule has 0 atom stereocenters. The van der Waals surface area contributed by atoms with Crippen LogP contribution in [-0.2, 0) is 16.3 Å². The van der Waals surface area contributed by atoms with Gasteiger partial charge in [0, 0.05) is 31.6 Å². The Balaban J connectivity index is 1.93. The van der Waals surface area contributed by atoms with Crippen molar-refractivity contribution in [3.63, 3.8) is 0 Å². The van der Waals surface area contributed by atoms with Crippen LogP contribution < -0.4 is 11.1 Å². The van der Waals surface area contributed by atoms with Gasteiger partial charge in [0.15, 0.2) is 15.7 Å². The first-order valence-corrected chi connectivity index (χ1v) is 8.32. The number of nitrogens with one attached hydrogen (secondary N) is 2. The van der Waals surface area contributed by atoms with E-state index in [-0.39, 0.29) is 10.7 Å². The lowest BCUT2D eigenvalue weighted by molar-refractivity contribution is 0.602. The molecule has 0 bridgehead atoms. The molecule has 0 aliphatic carbocycles. The van der Waals surface area contributed by atoms with E-state index in [1.165, 1.54) is 0 Å². The van der Waals surface area contributed by atoms with Gasteiger partial charge in [0.25, 0.3) is 0 Å². The molecule has 4 N–H and O–H groups in total. The summed E-state index contributed by atoms with van der Waals surface area (Å²) in [5, 5.41) is 3.56. The largest absolute Gasteiger partial charge is 0.382 e. The molecule has 0 radical (unpaired) electrons. The molecule has 0 unspecified atom stereocenters. The van der Waals surface area contributed by atoms with Crippen LogP contribution in [0.25, 0.3) is 0 Å². The van der Waals surface area contributed by atoms with Crippen molar-refractivity contribution in [1.82, 2.24) is 14.3 Å². The molecule has 0 aromatic carbocycles. The molecule has 0 aliphatic rings. The fourth-order valence-corrected chi connectivity index (χ4v) is 3.75. The summed E-state index contributed by atoms with van der Waals surface area (Å²) in [4.78, 5) is 7.22. The lowest BCUT2D eigenvalue weighted by Crippen LogP contribution is -2.07. The summed E-state index contributed by atoms with van der Waals surface area (Å²) in [7, 11) is -3.36. The monoisotopic (exact) mass is 301 g/mol. The second kappa shape index (κ2) is 5.57. The number of nitrogen functional groups attached to an aromatic ring is 1. The fraction of sp³-hybridized carbons (Fsp3) is 0.400. The minimum Gasteiger partial charge on any atom is -0.382 e. The summed E-state index contributed by atoms with van der Waals surface area (Å²) in [5.41, 5.74) is 5.57. The maximum Gasteiger partial charge on any atom is 0.182 e. The minimum atomic E-state index is -3.36. The zero-order valence-electron chi connectivity index (χ0n) is 10.4. The Morgan fingerprint density at radius 3 is 2.95 bits per heavy atom. The van der Waals surface area contributed by atoms with Crippen molar-refractivity contribution in [3.05, 3.63) is 18.2 Å². The number of nitrogens with two attached hydrogens (primary N) is 1. The molecule has 0 saturated heterocycles. The van der Waals surface area contributed by atoms with Crippen LogP contribution in [0, 0.1) is 0 Å². The number of anilines is 2. The van der Waals surface area contributed by atoms with Gasteiger partial charge in [-0.2, -0.15) is 4.37 Å². The molecule has 0 spiro atoms. The van der Waals surface area contributed by atoms with Crippen LogP contribution in [0.4, 0.5) is 10.8 Å². The number of H-pyrrole nitrogens is 1. The van der Waals surface area contributed by atoms with E-state index in [0.717, 1.165) is 36.5 Å². The second-order valence-electron chi connectivity index (χ2n) is 4.06. The average molecular weight is 301 g/mol. The van der Waals surface area contributed by atoms with Gasteiger partial charge in [-0.05, 0) is 18.0 Å². The van der Waals surface area contributed by atoms with Gasteiger partial charge in [0.1, 0.15) is 15.7 Å². The van der Waals surface area contributed by atoms with Gasteiger partial charge in [-0.1, -0.05) is 0 Å². The number of nitrogens with zero attached hydrogens (tertiary/aromatic N) is 2. The quantitative estimate of drug-likeness (QED) is 0.683. The molecule has 2 rings (SSSR count). The summed E-state index contributed by atoms with van der Waals surface area (Å²) in [6.45, 7) is 0.630. The predicted molar refractivity (Wildman–Crippen MR) is 75.0 cm³/mol. The average Bonchev–Trinajstić information content (AvgIpc) is 2.93. The van der Waals surface area contributed by atoms with Crippen molar-refractivity contribution in [2.45, 2.75) is 17.7 Å². The van der Waals surface area contributed by atoms with Crippen molar-refractivity contribution < 1.29 is 8.42 Å². The molecule has 104 valence electrons. The Hall–Kier alpha value is -1.61. The number of sulfone groups is 1. The van der Waals surface area contributed by atoms with E-state index < -0.39 is 9.84 Å². The van der Waals surface area contributed by atoms with Crippen molar-refractivity contribution in [2.24, 2.45) is 0 Å². The van der Waals surface area contributed by atoms with Gasteiger partial charge in [0.05, 0.1) is 0 Å². The molecule has 7 nitrogen and oxygen atoms in total. The highest BCUT2D eigenvalue weighted by Crippen LogP contribution is 2.31. The Kier molecular flexibility index (Phi) is 4.05. The van der Waals surface area contributed by atoms with Gasteiger partial charge < -0.3 is 16.0 Å². The van der Waals surface area contributed by atoms with E-state index >= 15 is 0 Å². The summed E-state index contributed by atoms with van der Waals surface area (Å²) in [5.74, 6) is 0.968. The van der Waals surface area contributed by atoms with Crippen LogP contribution in [0.5, 0.6) is 0 Å². The predicted octanol–water partition coefficient (Wildman–Crippen LogP) is 0.897. The number of aryl methyl sites for hydroxylation is 1. The van der Waals surface area contributed by atoms with Gasteiger partial charge in [0.2, 0.25) is 0 Å². The molecular weight excluding hydrogens is 286 g/mol. The van der Waals surface area contributed by atoms with Gasteiger partial charge >= 0.3 is 0 Å². The molecule has 0 amide bonds. The van der Waals surface area contributed by atoms with Crippen molar-refractivity contribution >= 4 is 32.2 Å². The Morgan fingerprint density at radius 2 is 2.32 bits per heavy atom. The molecular formula is C10H15N5O2S2. The van der Waals surface area contributed by atoms with Gasteiger partial charge in [-0.25, -0.2) is 13.4 Å². The normalized spacial score (nSPS) is 11.6. The minimum absolute atomic E-state index is 0.0565. The first kappa shape index (κ1) is 13.8. The highest BCUT2D eigenvalue weighted by atomic mass is 32.2. The van der Waals surface area contributed by atoms with Crippen LogP contribution in [0.1, 0.15) is 12.2 Å². The fourth-order valence-electron chi connectivity index (χ4n) is 1.66. The number of hydrogen-bond acceptors (Lipinski definition) is 7. The van der Waals surface area contributed by atoms with E-state index in [2.05, 4.69) is 19.7 Å². The van der Waals surface area contributed by atoms with E-state index in [1.807, 2.05) is 0 Å². The highest BCUT2D eigenvalue weighted by molar-refractivity contribution is 7.91. The Labute approximate surface area is 115 Å². The van der Waals surface area contributed by atoms with Crippen LogP contribution in [-0.4, -0.2) is 35.6 Å². The van der Waals surface area contributed by atoms with Crippen LogP contribution in [0.3, 0.4) is 0 Å². The molecule has 19 heavy (non-hydrogen) atoms. The maximum absolute atomic E-state index is 11.6. The van der Waals surface area contributed by atoms with Crippen LogP contribution in [0.2, 0.25) is 0 Å². The summed E-state index contributed by atoms with van der Waals surface area (Å²) >= 11 is 1.06. The Morgan fingerprint density at radius 1 is 1.53 bits per heavy atom. The van der Waals surface area contributed by atoms with E-state index in [1.54, 1.807) is 12.4 Å². The van der Waals surface area contributed by atoms with Gasteiger partial charge in [-0.15, -0.1) is 0 Å². The van der Waals surface area contributed by atoms with Crippen LogP contribution in [0.15, 0.2) is 17.3 Å². The molecule has 2 aromatic heterocycles. The molecule has 2 heterocycles. The third-order valence-corrected chi connectivity index (χ3v) is 4.58. The molecule has 2 aromatic rings. The van der Waals surface area contributed by atoms with Crippen molar-refractivity contribution in [1.29, 1.82) is 0 Å². The highest BCUT2D eigenvalue weighted by Gasteiger charge is 2.20. The standard InChI is InChI=1S/C10H15N5O2S2/c1-19(16,17)8-9(11)15-18-10(8)14-4-2-3-7-12-5-6-13-7/h5-6,14H,2-4H2,1H3,(H2,11,15)(H,12,13). The summed E-state index contributed by atoms with van der Waals surface area (Å²) in [6, 6.07) is 0. The maximum atomic E-state index is 11.6. The first-order valence-electron chi connectivity index (χ1n) is 5.66. The van der Waals surface area contributed by atoms with Crippen molar-refractivity contribution in [3.8, 4) is 0 Å². The lowest BCUT2D eigenvalue weighted by atomic mass is 10.3. The third kappa shape index (κ3) is 3.44. The molecule has 9 heteroatoms. The smallest absolute Gasteiger partial charge is 0.182 e. The number of rotatable bonds is 6. The number of aromatic amines is 1. The summed E-state index contributed by atoms with van der Waals surface area (Å²) < 4.78 is 27.0. The zero-order chi connectivity index (χ0) is 13.9. The molecule has 0 fully saturated rings. The SMILES string of the molecule is CS(=O)(=O)c1c(N)nsc1NCCCc1ncc[nH]1. The van der Waals surface area contributed by atoms with Crippen LogP contribution >= 0.6 is 11.5 Å².